The summed E-state index contributed by atoms with van der Waals surface area (Å²) in [6, 6.07) is 12.6. The van der Waals surface area contributed by atoms with Crippen LogP contribution in [0.5, 0.6) is 23.0 Å². The molecule has 0 spiro atoms. The summed E-state index contributed by atoms with van der Waals surface area (Å²) in [7, 11) is 4.63. The first-order valence-electron chi connectivity index (χ1n) is 8.06. The van der Waals surface area contributed by atoms with Crippen LogP contribution in [0.15, 0.2) is 36.4 Å². The van der Waals surface area contributed by atoms with Gasteiger partial charge in [-0.05, 0) is 41.8 Å². The van der Waals surface area contributed by atoms with Crippen molar-refractivity contribution in [2.24, 2.45) is 0 Å². The van der Waals surface area contributed by atoms with Crippen molar-refractivity contribution < 1.29 is 23.7 Å². The van der Waals surface area contributed by atoms with Crippen molar-refractivity contribution in [3.05, 3.63) is 47.5 Å². The van der Waals surface area contributed by atoms with E-state index in [0.29, 0.717) is 35.8 Å². The van der Waals surface area contributed by atoms with E-state index in [0.717, 1.165) is 11.1 Å². The zero-order valence-electron chi connectivity index (χ0n) is 15.1. The van der Waals surface area contributed by atoms with Crippen molar-refractivity contribution in [3.8, 4) is 29.1 Å². The molecule has 2 rings (SSSR count). The summed E-state index contributed by atoms with van der Waals surface area (Å²) >= 11 is 0. The first-order valence-corrected chi connectivity index (χ1v) is 8.06. The van der Waals surface area contributed by atoms with Crippen molar-refractivity contribution in [1.82, 2.24) is 0 Å². The summed E-state index contributed by atoms with van der Waals surface area (Å²) < 4.78 is 21.2. The van der Waals surface area contributed by atoms with Gasteiger partial charge in [-0.1, -0.05) is 12.1 Å². The van der Waals surface area contributed by atoms with Crippen LogP contribution in [0.2, 0.25) is 0 Å². The van der Waals surface area contributed by atoms with Gasteiger partial charge in [0.15, 0.2) is 11.5 Å². The monoisotopic (exact) mass is 355 g/mol. The Morgan fingerprint density at radius 1 is 0.962 bits per heavy atom. The fourth-order valence-electron chi connectivity index (χ4n) is 2.48. The summed E-state index contributed by atoms with van der Waals surface area (Å²) in [5, 5.41) is 8.66. The first kappa shape index (κ1) is 19.1. The lowest BCUT2D eigenvalue weighted by Gasteiger charge is -2.14. The third kappa shape index (κ3) is 4.90. The summed E-state index contributed by atoms with van der Waals surface area (Å²) in [6.45, 7) is 0. The van der Waals surface area contributed by atoms with Gasteiger partial charge in [0, 0.05) is 6.42 Å². The van der Waals surface area contributed by atoms with E-state index in [9.17, 15) is 4.79 Å². The number of aryl methyl sites for hydroxylation is 1. The SMILES string of the molecule is COc1cc(CCC(=O)Oc2ccc(CC#N)cc2)cc(OC)c1OC. The van der Waals surface area contributed by atoms with Crippen LogP contribution in [0, 0.1) is 11.3 Å². The number of esters is 1. The molecule has 136 valence electrons. The molecule has 0 aliphatic carbocycles. The minimum Gasteiger partial charge on any atom is -0.493 e. The third-order valence-corrected chi connectivity index (χ3v) is 3.78. The Balaban J connectivity index is 1.99. The molecule has 6 nitrogen and oxygen atoms in total. The molecular formula is C20H21NO5. The van der Waals surface area contributed by atoms with Crippen LogP contribution in [-0.4, -0.2) is 27.3 Å². The second-order valence-corrected chi connectivity index (χ2v) is 5.49. The molecule has 0 saturated heterocycles. The molecule has 0 aromatic heterocycles. The van der Waals surface area contributed by atoms with E-state index in [1.165, 1.54) is 0 Å². The van der Waals surface area contributed by atoms with Crippen molar-refractivity contribution in [2.75, 3.05) is 21.3 Å². The van der Waals surface area contributed by atoms with Crippen LogP contribution >= 0.6 is 0 Å². The quantitative estimate of drug-likeness (QED) is 0.534. The number of carbonyl (C=O) groups is 1. The molecule has 0 saturated carbocycles. The van der Waals surface area contributed by atoms with Gasteiger partial charge in [0.1, 0.15) is 5.75 Å². The second kappa shape index (κ2) is 9.33. The average molecular weight is 355 g/mol. The molecule has 0 radical (unpaired) electrons. The summed E-state index contributed by atoms with van der Waals surface area (Å²) in [5.41, 5.74) is 1.76. The number of rotatable bonds is 8. The molecule has 0 unspecified atom stereocenters. The smallest absolute Gasteiger partial charge is 0.311 e. The number of benzene rings is 2. The Labute approximate surface area is 152 Å². The van der Waals surface area contributed by atoms with Crippen molar-refractivity contribution in [2.45, 2.75) is 19.3 Å². The minimum absolute atomic E-state index is 0.207. The normalized spacial score (nSPS) is 9.92. The van der Waals surface area contributed by atoms with Crippen LogP contribution in [0.4, 0.5) is 0 Å². The number of hydrogen-bond donors (Lipinski definition) is 0. The molecule has 2 aromatic carbocycles. The molecule has 0 N–H and O–H groups in total. The van der Waals surface area contributed by atoms with Gasteiger partial charge in [0.05, 0.1) is 33.8 Å². The first-order chi connectivity index (χ1) is 12.6. The standard InChI is InChI=1S/C20H21NO5/c1-23-17-12-15(13-18(24-2)20(17)25-3)6-9-19(22)26-16-7-4-14(5-8-16)10-11-21/h4-5,7-8,12-13H,6,9-10H2,1-3H3. The van der Waals surface area contributed by atoms with Crippen LogP contribution in [0.25, 0.3) is 0 Å². The maximum Gasteiger partial charge on any atom is 0.311 e. The topological polar surface area (TPSA) is 77.8 Å². The summed E-state index contributed by atoms with van der Waals surface area (Å²) in [5.74, 6) is 1.72. The van der Waals surface area contributed by atoms with Gasteiger partial charge in [-0.15, -0.1) is 0 Å². The summed E-state index contributed by atoms with van der Waals surface area (Å²) in [4.78, 5) is 12.1. The lowest BCUT2D eigenvalue weighted by molar-refractivity contribution is -0.134. The van der Waals surface area contributed by atoms with Crippen molar-refractivity contribution in [1.29, 1.82) is 5.26 Å². The molecule has 0 amide bonds. The fraction of sp³-hybridized carbons (Fsp3) is 0.300. The number of hydrogen-bond acceptors (Lipinski definition) is 6. The highest BCUT2D eigenvalue weighted by Gasteiger charge is 2.14. The molecule has 0 bridgehead atoms. The molecule has 0 atom stereocenters. The highest BCUT2D eigenvalue weighted by atomic mass is 16.5. The van der Waals surface area contributed by atoms with Gasteiger partial charge in [-0.3, -0.25) is 4.79 Å². The van der Waals surface area contributed by atoms with Gasteiger partial charge in [0.25, 0.3) is 0 Å². The van der Waals surface area contributed by atoms with E-state index in [1.807, 2.05) is 12.1 Å². The molecule has 0 aliphatic rings. The Bertz CT molecular complexity index is 768. The van der Waals surface area contributed by atoms with E-state index in [-0.39, 0.29) is 12.4 Å². The zero-order chi connectivity index (χ0) is 18.9. The van der Waals surface area contributed by atoms with E-state index in [1.54, 1.807) is 45.6 Å². The van der Waals surface area contributed by atoms with Crippen LogP contribution in [-0.2, 0) is 17.6 Å². The Hall–Kier alpha value is -3.20. The largest absolute Gasteiger partial charge is 0.493 e. The molecular weight excluding hydrogens is 334 g/mol. The highest BCUT2D eigenvalue weighted by Crippen LogP contribution is 2.38. The Kier molecular flexibility index (Phi) is 6.86. The number of carbonyl (C=O) groups excluding carboxylic acids is 1. The third-order valence-electron chi connectivity index (χ3n) is 3.78. The molecule has 0 aliphatic heterocycles. The minimum atomic E-state index is -0.341. The highest BCUT2D eigenvalue weighted by molar-refractivity contribution is 5.72. The van der Waals surface area contributed by atoms with Crippen molar-refractivity contribution >= 4 is 5.97 Å². The van der Waals surface area contributed by atoms with Gasteiger partial charge < -0.3 is 18.9 Å². The van der Waals surface area contributed by atoms with Crippen LogP contribution in [0.3, 0.4) is 0 Å². The number of nitrogens with zero attached hydrogens (tertiary/aromatic N) is 1. The fourth-order valence-corrected chi connectivity index (χ4v) is 2.48. The van der Waals surface area contributed by atoms with E-state index in [4.69, 9.17) is 24.2 Å². The van der Waals surface area contributed by atoms with Crippen LogP contribution < -0.4 is 18.9 Å². The predicted octanol–water partition coefficient (Wildman–Crippen LogP) is 3.32. The Morgan fingerprint density at radius 3 is 2.08 bits per heavy atom. The van der Waals surface area contributed by atoms with Gasteiger partial charge in [-0.25, -0.2) is 0 Å². The second-order valence-electron chi connectivity index (χ2n) is 5.49. The van der Waals surface area contributed by atoms with E-state index in [2.05, 4.69) is 6.07 Å². The molecule has 6 heteroatoms. The molecule has 0 fully saturated rings. The predicted molar refractivity (Wildman–Crippen MR) is 95.8 cm³/mol. The maximum absolute atomic E-state index is 12.1. The van der Waals surface area contributed by atoms with Gasteiger partial charge >= 0.3 is 5.97 Å². The lowest BCUT2D eigenvalue weighted by atomic mass is 10.1. The summed E-state index contributed by atoms with van der Waals surface area (Å²) in [6.07, 6.45) is 1.01. The number of nitriles is 1. The van der Waals surface area contributed by atoms with Crippen molar-refractivity contribution in [3.63, 3.8) is 0 Å². The molecule has 2 aromatic rings. The molecule has 26 heavy (non-hydrogen) atoms. The van der Waals surface area contributed by atoms with Crippen LogP contribution in [0.1, 0.15) is 17.5 Å². The Morgan fingerprint density at radius 2 is 1.58 bits per heavy atom. The lowest BCUT2D eigenvalue weighted by Crippen LogP contribution is -2.09. The van der Waals surface area contributed by atoms with Gasteiger partial charge in [0.2, 0.25) is 5.75 Å². The van der Waals surface area contributed by atoms with Gasteiger partial charge in [-0.2, -0.15) is 5.26 Å². The number of ether oxygens (including phenoxy) is 4. The zero-order valence-corrected chi connectivity index (χ0v) is 15.1. The maximum atomic E-state index is 12.1. The molecule has 0 heterocycles. The number of methoxy groups -OCH3 is 3. The van der Waals surface area contributed by atoms with E-state index >= 15 is 0 Å². The van der Waals surface area contributed by atoms with E-state index < -0.39 is 0 Å². The average Bonchev–Trinajstić information content (AvgIpc) is 2.67.